The van der Waals surface area contributed by atoms with Crippen LogP contribution in [0, 0.1) is 11.6 Å². The van der Waals surface area contributed by atoms with E-state index in [0.29, 0.717) is 18.5 Å². The Morgan fingerprint density at radius 1 is 1.23 bits per heavy atom. The number of hydrogen-bond donors (Lipinski definition) is 2. The molecule has 1 aromatic carbocycles. The minimum Gasteiger partial charge on any atom is -0.489 e. The van der Waals surface area contributed by atoms with Gasteiger partial charge in [-0.2, -0.15) is 0 Å². The van der Waals surface area contributed by atoms with E-state index < -0.39 is 11.6 Å². The van der Waals surface area contributed by atoms with E-state index in [1.54, 1.807) is 7.05 Å². The van der Waals surface area contributed by atoms with E-state index in [2.05, 4.69) is 27.6 Å². The maximum Gasteiger partial charge on any atom is 0.191 e. The van der Waals surface area contributed by atoms with Crippen molar-refractivity contribution in [2.75, 3.05) is 40.3 Å². The van der Waals surface area contributed by atoms with Crippen molar-refractivity contribution in [1.29, 1.82) is 0 Å². The van der Waals surface area contributed by atoms with Gasteiger partial charge in [-0.15, -0.1) is 24.0 Å². The fourth-order valence-corrected chi connectivity index (χ4v) is 3.02. The summed E-state index contributed by atoms with van der Waals surface area (Å²) < 4.78 is 31.6. The van der Waals surface area contributed by atoms with Crippen molar-refractivity contribution < 1.29 is 13.5 Å². The Morgan fingerprint density at radius 3 is 2.58 bits per heavy atom. The molecule has 1 aliphatic carbocycles. The fourth-order valence-electron chi connectivity index (χ4n) is 3.02. The number of hydrogen-bond acceptors (Lipinski definition) is 3. The van der Waals surface area contributed by atoms with Crippen LogP contribution in [0.5, 0.6) is 5.75 Å². The molecule has 0 aromatic heterocycles. The molecule has 2 N–H and O–H groups in total. The van der Waals surface area contributed by atoms with E-state index in [1.165, 1.54) is 37.8 Å². The predicted octanol–water partition coefficient (Wildman–Crippen LogP) is 3.00. The second-order valence-electron chi connectivity index (χ2n) is 6.27. The minimum atomic E-state index is -0.697. The molecule has 0 bridgehead atoms. The summed E-state index contributed by atoms with van der Waals surface area (Å²) in [4.78, 5) is 6.55. The molecule has 5 nitrogen and oxygen atoms in total. The second-order valence-corrected chi connectivity index (χ2v) is 6.27. The monoisotopic (exact) mass is 482 g/mol. The molecule has 1 fully saturated rings. The number of benzene rings is 1. The van der Waals surface area contributed by atoms with Crippen molar-refractivity contribution in [2.24, 2.45) is 4.99 Å². The number of nitrogens with zero attached hydrogens (tertiary/aromatic N) is 2. The van der Waals surface area contributed by atoms with Crippen molar-refractivity contribution in [3.63, 3.8) is 0 Å². The molecule has 0 amide bonds. The SMILES string of the molecule is CN=C(NCCOc1ccc(F)cc1F)NCCN(C)C1CCCC1.I. The van der Waals surface area contributed by atoms with Crippen molar-refractivity contribution in [2.45, 2.75) is 31.7 Å². The van der Waals surface area contributed by atoms with Crippen LogP contribution in [0.25, 0.3) is 0 Å². The van der Waals surface area contributed by atoms with Crippen LogP contribution in [0.15, 0.2) is 23.2 Å². The largest absolute Gasteiger partial charge is 0.489 e. The average Bonchev–Trinajstić information content (AvgIpc) is 3.13. The van der Waals surface area contributed by atoms with E-state index >= 15 is 0 Å². The van der Waals surface area contributed by atoms with Crippen molar-refractivity contribution >= 4 is 29.9 Å². The topological polar surface area (TPSA) is 48.9 Å². The van der Waals surface area contributed by atoms with Gasteiger partial charge in [0.2, 0.25) is 0 Å². The van der Waals surface area contributed by atoms with Gasteiger partial charge < -0.3 is 20.3 Å². The Hall–Kier alpha value is -1.16. The summed E-state index contributed by atoms with van der Waals surface area (Å²) in [6.45, 7) is 2.49. The van der Waals surface area contributed by atoms with Crippen LogP contribution >= 0.6 is 24.0 Å². The fraction of sp³-hybridized carbons (Fsp3) is 0.611. The molecule has 0 radical (unpaired) electrons. The lowest BCUT2D eigenvalue weighted by molar-refractivity contribution is 0.249. The highest BCUT2D eigenvalue weighted by molar-refractivity contribution is 14.0. The molecule has 0 heterocycles. The quantitative estimate of drug-likeness (QED) is 0.259. The van der Waals surface area contributed by atoms with Gasteiger partial charge in [0.25, 0.3) is 0 Å². The number of ether oxygens (including phenoxy) is 1. The highest BCUT2D eigenvalue weighted by atomic mass is 127. The molecular weight excluding hydrogens is 453 g/mol. The lowest BCUT2D eigenvalue weighted by atomic mass is 10.2. The first-order chi connectivity index (χ1) is 12.1. The smallest absolute Gasteiger partial charge is 0.191 e. The molecule has 0 atom stereocenters. The Labute approximate surface area is 171 Å². The van der Waals surface area contributed by atoms with E-state index in [0.717, 1.165) is 19.2 Å². The summed E-state index contributed by atoms with van der Waals surface area (Å²) >= 11 is 0. The minimum absolute atomic E-state index is 0. The zero-order chi connectivity index (χ0) is 18.1. The highest BCUT2D eigenvalue weighted by Crippen LogP contribution is 2.21. The number of halogens is 3. The highest BCUT2D eigenvalue weighted by Gasteiger charge is 2.18. The Morgan fingerprint density at radius 2 is 1.92 bits per heavy atom. The lowest BCUT2D eigenvalue weighted by Gasteiger charge is -2.24. The van der Waals surface area contributed by atoms with Gasteiger partial charge in [-0.25, -0.2) is 8.78 Å². The molecule has 1 aromatic rings. The van der Waals surface area contributed by atoms with Crippen LogP contribution in [-0.2, 0) is 0 Å². The van der Waals surface area contributed by atoms with Gasteiger partial charge in [-0.3, -0.25) is 4.99 Å². The van der Waals surface area contributed by atoms with Crippen LogP contribution < -0.4 is 15.4 Å². The van der Waals surface area contributed by atoms with Gasteiger partial charge in [-0.1, -0.05) is 12.8 Å². The summed E-state index contributed by atoms with van der Waals surface area (Å²) in [6, 6.07) is 3.98. The number of likely N-dealkylation sites (N-methyl/N-ethyl adjacent to an activating group) is 1. The van der Waals surface area contributed by atoms with Gasteiger partial charge in [-0.05, 0) is 32.0 Å². The van der Waals surface area contributed by atoms with E-state index in [9.17, 15) is 8.78 Å². The van der Waals surface area contributed by atoms with E-state index in [-0.39, 0.29) is 36.3 Å². The third-order valence-corrected chi connectivity index (χ3v) is 4.47. The molecule has 0 aliphatic heterocycles. The molecular formula is C18H29F2IN4O. The van der Waals surface area contributed by atoms with Crippen LogP contribution in [-0.4, -0.2) is 57.2 Å². The molecule has 0 unspecified atom stereocenters. The van der Waals surface area contributed by atoms with Crippen LogP contribution in [0.3, 0.4) is 0 Å². The zero-order valence-electron chi connectivity index (χ0n) is 15.4. The average molecular weight is 482 g/mol. The first-order valence-corrected chi connectivity index (χ1v) is 8.82. The van der Waals surface area contributed by atoms with Gasteiger partial charge in [0.15, 0.2) is 17.5 Å². The summed E-state index contributed by atoms with van der Waals surface area (Å²) in [5, 5.41) is 6.37. The van der Waals surface area contributed by atoms with Crippen molar-refractivity contribution in [1.82, 2.24) is 15.5 Å². The predicted molar refractivity (Wildman–Crippen MR) is 112 cm³/mol. The van der Waals surface area contributed by atoms with Gasteiger partial charge in [0.1, 0.15) is 12.4 Å². The van der Waals surface area contributed by atoms with Crippen LogP contribution in [0.2, 0.25) is 0 Å². The van der Waals surface area contributed by atoms with Crippen LogP contribution in [0.4, 0.5) is 8.78 Å². The molecule has 0 saturated heterocycles. The molecule has 1 saturated carbocycles. The molecule has 2 rings (SSSR count). The Kier molecular flexibility index (Phi) is 10.8. The number of nitrogens with one attached hydrogen (secondary N) is 2. The maximum atomic E-state index is 13.4. The zero-order valence-corrected chi connectivity index (χ0v) is 17.8. The van der Waals surface area contributed by atoms with E-state index in [4.69, 9.17) is 4.74 Å². The first kappa shape index (κ1) is 22.9. The first-order valence-electron chi connectivity index (χ1n) is 8.82. The van der Waals surface area contributed by atoms with E-state index in [1.807, 2.05) is 0 Å². The lowest BCUT2D eigenvalue weighted by Crippen LogP contribution is -2.43. The number of guanidine groups is 1. The summed E-state index contributed by atoms with van der Waals surface area (Å²) in [6.07, 6.45) is 5.25. The number of rotatable bonds is 8. The summed E-state index contributed by atoms with van der Waals surface area (Å²) in [5.74, 6) is -0.583. The number of aliphatic imine (C=N–C) groups is 1. The summed E-state index contributed by atoms with van der Waals surface area (Å²) in [5.41, 5.74) is 0. The van der Waals surface area contributed by atoms with Crippen molar-refractivity contribution in [3.05, 3.63) is 29.8 Å². The normalized spacial score (nSPS) is 15.0. The van der Waals surface area contributed by atoms with Crippen LogP contribution in [0.1, 0.15) is 25.7 Å². The molecule has 0 spiro atoms. The standard InChI is InChI=1S/C18H28F2N4O.HI/c1-21-18(22-9-11-24(2)15-5-3-4-6-15)23-10-12-25-17-8-7-14(19)13-16(17)20;/h7-8,13,15H,3-6,9-12H2,1-2H3,(H2,21,22,23);1H. The Bertz CT molecular complexity index is 568. The third kappa shape index (κ3) is 7.61. The van der Waals surface area contributed by atoms with Crippen molar-refractivity contribution in [3.8, 4) is 5.75 Å². The molecule has 8 heteroatoms. The van der Waals surface area contributed by atoms with Gasteiger partial charge in [0, 0.05) is 32.2 Å². The Balaban J connectivity index is 0.00000338. The third-order valence-electron chi connectivity index (χ3n) is 4.47. The van der Waals surface area contributed by atoms with Gasteiger partial charge in [0.05, 0.1) is 6.54 Å². The maximum absolute atomic E-state index is 13.4. The molecule has 148 valence electrons. The van der Waals surface area contributed by atoms with Gasteiger partial charge >= 0.3 is 0 Å². The second kappa shape index (κ2) is 12.3. The molecule has 1 aliphatic rings. The molecule has 26 heavy (non-hydrogen) atoms. The summed E-state index contributed by atoms with van der Waals surface area (Å²) in [7, 11) is 3.87.